The first-order valence-corrected chi connectivity index (χ1v) is 14.1. The highest BCUT2D eigenvalue weighted by atomic mass is 79.9. The Bertz CT molecular complexity index is 2000. The molecule has 1 amide bonds. The molecule has 0 unspecified atom stereocenters. The number of nitrogens with zero attached hydrogens (tertiary/aromatic N) is 3. The zero-order valence-corrected chi connectivity index (χ0v) is 24.4. The van der Waals surface area contributed by atoms with Crippen LogP contribution in [0.1, 0.15) is 5.56 Å². The van der Waals surface area contributed by atoms with Crippen LogP contribution in [-0.4, -0.2) is 28.4 Å². The third-order valence-electron chi connectivity index (χ3n) is 6.15. The van der Waals surface area contributed by atoms with Crippen molar-refractivity contribution < 1.29 is 13.9 Å². The molecule has 8 nitrogen and oxygen atoms in total. The van der Waals surface area contributed by atoms with Crippen LogP contribution < -0.4 is 15.6 Å². The molecule has 2 aromatic heterocycles. The van der Waals surface area contributed by atoms with Gasteiger partial charge in [0.25, 0.3) is 11.5 Å². The van der Waals surface area contributed by atoms with Crippen LogP contribution in [0.25, 0.3) is 33.5 Å². The lowest BCUT2D eigenvalue weighted by atomic mass is 10.2. The van der Waals surface area contributed by atoms with E-state index < -0.39 is 0 Å². The van der Waals surface area contributed by atoms with Gasteiger partial charge >= 0.3 is 0 Å². The van der Waals surface area contributed by atoms with E-state index in [0.29, 0.717) is 43.7 Å². The fourth-order valence-corrected chi connectivity index (χ4v) is 5.11. The molecule has 0 saturated carbocycles. The second-order valence-corrected chi connectivity index (χ2v) is 10.8. The SMILES string of the molecule is O=C(COc1ccc(C=Nn2c(-c3cc4cc(Br)ccc4o3)nc3ccccc3c2=O)cc1Br)Nc1ccccc1. The number of furan rings is 1. The molecule has 41 heavy (non-hydrogen) atoms. The standard InChI is InChI=1S/C31H20Br2N4O4/c32-21-11-13-26-20(15-21)16-28(41-26)30-36-25-9-5-4-8-23(25)31(39)37(30)34-17-19-10-12-27(24(33)14-19)40-18-29(38)35-22-6-2-1-3-7-22/h1-17H,18H2,(H,35,38). The number of nitrogens with one attached hydrogen (secondary N) is 1. The van der Waals surface area contributed by atoms with Crippen molar-refractivity contribution in [3.05, 3.63) is 122 Å². The maximum absolute atomic E-state index is 13.5. The van der Waals surface area contributed by atoms with E-state index in [0.717, 1.165) is 9.86 Å². The van der Waals surface area contributed by atoms with Crippen molar-refractivity contribution in [1.29, 1.82) is 0 Å². The number of anilines is 1. The van der Waals surface area contributed by atoms with E-state index in [1.807, 2.05) is 48.5 Å². The van der Waals surface area contributed by atoms with Crippen molar-refractivity contribution in [1.82, 2.24) is 9.66 Å². The van der Waals surface area contributed by atoms with Gasteiger partial charge in [-0.15, -0.1) is 0 Å². The zero-order chi connectivity index (χ0) is 28.3. The Morgan fingerprint density at radius 1 is 0.976 bits per heavy atom. The second-order valence-electron chi connectivity index (χ2n) is 9.00. The Kier molecular flexibility index (Phi) is 7.49. The highest BCUT2D eigenvalue weighted by Crippen LogP contribution is 2.29. The van der Waals surface area contributed by atoms with E-state index in [1.165, 1.54) is 4.68 Å². The first-order valence-electron chi connectivity index (χ1n) is 12.5. The molecule has 2 heterocycles. The monoisotopic (exact) mass is 670 g/mol. The molecule has 0 fully saturated rings. The summed E-state index contributed by atoms with van der Waals surface area (Å²) in [4.78, 5) is 30.5. The van der Waals surface area contributed by atoms with Crippen LogP contribution in [0.2, 0.25) is 0 Å². The molecule has 0 bridgehead atoms. The number of carbonyl (C=O) groups excluding carboxylic acids is 1. The minimum atomic E-state index is -0.327. The van der Waals surface area contributed by atoms with Crippen LogP contribution in [0.4, 0.5) is 5.69 Å². The lowest BCUT2D eigenvalue weighted by Crippen LogP contribution is -2.20. The minimum Gasteiger partial charge on any atom is -0.483 e. The van der Waals surface area contributed by atoms with Crippen LogP contribution in [0.5, 0.6) is 5.75 Å². The maximum atomic E-state index is 13.5. The summed E-state index contributed by atoms with van der Waals surface area (Å²) in [6.07, 6.45) is 1.55. The van der Waals surface area contributed by atoms with Gasteiger partial charge in [-0.2, -0.15) is 9.78 Å². The molecule has 0 spiro atoms. The minimum absolute atomic E-state index is 0.156. The summed E-state index contributed by atoms with van der Waals surface area (Å²) in [5, 5.41) is 8.59. The van der Waals surface area contributed by atoms with Gasteiger partial charge in [-0.3, -0.25) is 9.59 Å². The van der Waals surface area contributed by atoms with Gasteiger partial charge < -0.3 is 14.5 Å². The van der Waals surface area contributed by atoms with Crippen molar-refractivity contribution in [2.24, 2.45) is 5.10 Å². The van der Waals surface area contributed by atoms with Crippen molar-refractivity contribution >= 4 is 71.5 Å². The highest BCUT2D eigenvalue weighted by molar-refractivity contribution is 9.10. The molecule has 1 N–H and O–H groups in total. The van der Waals surface area contributed by atoms with Crippen LogP contribution in [0.3, 0.4) is 0 Å². The molecular weight excluding hydrogens is 652 g/mol. The van der Waals surface area contributed by atoms with Gasteiger partial charge in [0, 0.05) is 15.5 Å². The summed E-state index contributed by atoms with van der Waals surface area (Å²) >= 11 is 6.98. The molecular formula is C31H20Br2N4O4. The predicted molar refractivity (Wildman–Crippen MR) is 167 cm³/mol. The van der Waals surface area contributed by atoms with Crippen molar-refractivity contribution in [3.8, 4) is 17.3 Å². The van der Waals surface area contributed by atoms with E-state index in [9.17, 15) is 9.59 Å². The lowest BCUT2D eigenvalue weighted by Gasteiger charge is -2.10. The van der Waals surface area contributed by atoms with Gasteiger partial charge in [0.1, 0.15) is 11.3 Å². The van der Waals surface area contributed by atoms with E-state index in [1.54, 1.807) is 54.7 Å². The Balaban J connectivity index is 1.28. The summed E-state index contributed by atoms with van der Waals surface area (Å²) in [6, 6.07) is 29.1. The number of benzene rings is 4. The normalized spacial score (nSPS) is 11.4. The third kappa shape index (κ3) is 5.84. The largest absolute Gasteiger partial charge is 0.483 e. The molecule has 0 saturated heterocycles. The van der Waals surface area contributed by atoms with E-state index in [4.69, 9.17) is 14.1 Å². The Morgan fingerprint density at radius 3 is 2.61 bits per heavy atom. The highest BCUT2D eigenvalue weighted by Gasteiger charge is 2.17. The number of carbonyl (C=O) groups is 1. The number of aromatic nitrogens is 2. The Labute approximate surface area is 250 Å². The van der Waals surface area contributed by atoms with Gasteiger partial charge in [0.05, 0.1) is 21.6 Å². The van der Waals surface area contributed by atoms with Crippen molar-refractivity contribution in [2.45, 2.75) is 0 Å². The Morgan fingerprint density at radius 2 is 1.78 bits per heavy atom. The quantitative estimate of drug-likeness (QED) is 0.181. The molecule has 6 aromatic rings. The molecule has 0 aliphatic carbocycles. The van der Waals surface area contributed by atoms with E-state index >= 15 is 0 Å². The maximum Gasteiger partial charge on any atom is 0.282 e. The average Bonchev–Trinajstić information content (AvgIpc) is 3.40. The topological polar surface area (TPSA) is 98.7 Å². The summed E-state index contributed by atoms with van der Waals surface area (Å²) in [5.74, 6) is 0.906. The molecule has 0 aliphatic heterocycles. The van der Waals surface area contributed by atoms with Crippen LogP contribution in [-0.2, 0) is 4.79 Å². The first-order chi connectivity index (χ1) is 19.9. The third-order valence-corrected chi connectivity index (χ3v) is 7.26. The van der Waals surface area contributed by atoms with Gasteiger partial charge in [0.2, 0.25) is 5.82 Å². The van der Waals surface area contributed by atoms with Crippen molar-refractivity contribution in [2.75, 3.05) is 11.9 Å². The number of hydrogen-bond donors (Lipinski definition) is 1. The second kappa shape index (κ2) is 11.5. The number of halogens is 2. The molecule has 6 rings (SSSR count). The zero-order valence-electron chi connectivity index (χ0n) is 21.3. The number of hydrogen-bond acceptors (Lipinski definition) is 6. The summed E-state index contributed by atoms with van der Waals surface area (Å²) in [7, 11) is 0. The number of para-hydroxylation sites is 2. The Hall–Kier alpha value is -4.54. The first kappa shape index (κ1) is 26.7. The van der Waals surface area contributed by atoms with Gasteiger partial charge in [-0.05, 0) is 88.2 Å². The summed E-state index contributed by atoms with van der Waals surface area (Å²) < 4.78 is 14.5. The van der Waals surface area contributed by atoms with Gasteiger partial charge in [0.15, 0.2) is 12.4 Å². The molecule has 0 atom stereocenters. The number of amides is 1. The van der Waals surface area contributed by atoms with E-state index in [-0.39, 0.29) is 23.9 Å². The molecule has 0 aliphatic rings. The number of rotatable bonds is 7. The van der Waals surface area contributed by atoms with Gasteiger partial charge in [-0.25, -0.2) is 4.98 Å². The fraction of sp³-hybridized carbons (Fsp3) is 0.0323. The smallest absolute Gasteiger partial charge is 0.282 e. The predicted octanol–water partition coefficient (Wildman–Crippen LogP) is 7.23. The summed E-state index contributed by atoms with van der Waals surface area (Å²) in [5.41, 5.74) is 2.27. The van der Waals surface area contributed by atoms with Crippen LogP contribution in [0.15, 0.2) is 120 Å². The molecule has 202 valence electrons. The molecule has 0 radical (unpaired) electrons. The van der Waals surface area contributed by atoms with Crippen molar-refractivity contribution in [3.63, 3.8) is 0 Å². The molecule has 4 aromatic carbocycles. The van der Waals surface area contributed by atoms with E-state index in [2.05, 4.69) is 42.3 Å². The average molecular weight is 672 g/mol. The number of fused-ring (bicyclic) bond motifs is 2. The number of ether oxygens (including phenoxy) is 1. The summed E-state index contributed by atoms with van der Waals surface area (Å²) in [6.45, 7) is -0.156. The lowest BCUT2D eigenvalue weighted by molar-refractivity contribution is -0.118. The van der Waals surface area contributed by atoms with Crippen LogP contribution >= 0.6 is 31.9 Å². The van der Waals surface area contributed by atoms with Crippen LogP contribution in [0, 0.1) is 0 Å². The molecule has 10 heteroatoms. The fourth-order valence-electron chi connectivity index (χ4n) is 4.22. The van der Waals surface area contributed by atoms with Gasteiger partial charge in [-0.1, -0.05) is 46.3 Å².